The van der Waals surface area contributed by atoms with Gasteiger partial charge in [0.05, 0.1) is 26.9 Å². The van der Waals surface area contributed by atoms with Crippen molar-refractivity contribution < 1.29 is 23.1 Å². The second kappa shape index (κ2) is 5.54. The Labute approximate surface area is 126 Å². The average Bonchev–Trinajstić information content (AvgIpc) is 2.40. The van der Waals surface area contributed by atoms with Crippen molar-refractivity contribution in [2.45, 2.75) is 6.18 Å². The molecule has 3 nitrogen and oxygen atoms in total. The maximum atomic E-state index is 13.2. The zero-order valence-electron chi connectivity index (χ0n) is 10.1. The normalized spacial score (nSPS) is 11.5. The summed E-state index contributed by atoms with van der Waals surface area (Å²) < 4.78 is 39.6. The van der Waals surface area contributed by atoms with Crippen molar-refractivity contribution in [1.29, 1.82) is 0 Å². The number of benzene rings is 1. The highest BCUT2D eigenvalue weighted by Gasteiger charge is 2.39. The molecule has 0 atom stereocenters. The Hall–Kier alpha value is -1.79. The summed E-state index contributed by atoms with van der Waals surface area (Å²) in [7, 11) is 0. The van der Waals surface area contributed by atoms with Gasteiger partial charge in [0.1, 0.15) is 0 Å². The lowest BCUT2D eigenvalue weighted by Gasteiger charge is -2.15. The first-order chi connectivity index (χ1) is 9.73. The Balaban J connectivity index is 2.84. The van der Waals surface area contributed by atoms with Gasteiger partial charge in [0.25, 0.3) is 0 Å². The molecule has 0 aliphatic rings. The molecule has 0 unspecified atom stereocenters. The van der Waals surface area contributed by atoms with Gasteiger partial charge in [-0.2, -0.15) is 13.2 Å². The van der Waals surface area contributed by atoms with E-state index < -0.39 is 29.0 Å². The van der Waals surface area contributed by atoms with Crippen LogP contribution in [0.2, 0.25) is 10.0 Å². The highest BCUT2D eigenvalue weighted by atomic mass is 35.5. The van der Waals surface area contributed by atoms with Crippen molar-refractivity contribution in [3.05, 3.63) is 51.6 Å². The third-order valence-corrected chi connectivity index (χ3v) is 3.49. The summed E-state index contributed by atoms with van der Waals surface area (Å²) in [5, 5.41) is 8.86. The van der Waals surface area contributed by atoms with Crippen molar-refractivity contribution in [1.82, 2.24) is 4.98 Å². The second-order valence-electron chi connectivity index (χ2n) is 3.99. The van der Waals surface area contributed by atoms with Crippen LogP contribution in [-0.2, 0) is 6.18 Å². The number of alkyl halides is 3. The van der Waals surface area contributed by atoms with Crippen molar-refractivity contribution in [3.63, 3.8) is 0 Å². The summed E-state index contributed by atoms with van der Waals surface area (Å²) >= 11 is 11.7. The molecule has 2 aromatic rings. The van der Waals surface area contributed by atoms with Gasteiger partial charge in [-0.25, -0.2) is 4.79 Å². The highest BCUT2D eigenvalue weighted by Crippen LogP contribution is 2.41. The maximum absolute atomic E-state index is 13.2. The van der Waals surface area contributed by atoms with Gasteiger partial charge in [0.15, 0.2) is 0 Å². The van der Waals surface area contributed by atoms with Crippen LogP contribution in [0.4, 0.5) is 13.2 Å². The second-order valence-corrected chi connectivity index (χ2v) is 4.77. The SMILES string of the molecule is O=C(O)c1ccnc(-c2cccc(Cl)c2Cl)c1C(F)(F)F. The van der Waals surface area contributed by atoms with E-state index in [1.165, 1.54) is 18.2 Å². The summed E-state index contributed by atoms with van der Waals surface area (Å²) in [6, 6.07) is 4.88. The lowest BCUT2D eigenvalue weighted by atomic mass is 10.0. The number of nitrogens with zero attached hydrogens (tertiary/aromatic N) is 1. The largest absolute Gasteiger partial charge is 0.478 e. The smallest absolute Gasteiger partial charge is 0.419 e. The minimum atomic E-state index is -4.90. The number of aromatic carboxylic acids is 1. The predicted molar refractivity (Wildman–Crippen MR) is 71.7 cm³/mol. The number of rotatable bonds is 2. The molecule has 0 aliphatic carbocycles. The van der Waals surface area contributed by atoms with Gasteiger partial charge in [-0.1, -0.05) is 35.3 Å². The molecule has 1 aromatic heterocycles. The summed E-state index contributed by atoms with van der Waals surface area (Å²) in [4.78, 5) is 14.7. The molecule has 0 spiro atoms. The molecule has 0 radical (unpaired) electrons. The van der Waals surface area contributed by atoms with Crippen LogP contribution in [0.15, 0.2) is 30.5 Å². The lowest BCUT2D eigenvalue weighted by Crippen LogP contribution is -2.15. The minimum Gasteiger partial charge on any atom is -0.478 e. The number of carbonyl (C=O) groups is 1. The van der Waals surface area contributed by atoms with Crippen LogP contribution in [-0.4, -0.2) is 16.1 Å². The Bertz CT molecular complexity index is 717. The number of hydrogen-bond donors (Lipinski definition) is 1. The number of carboxylic acids is 1. The van der Waals surface area contributed by atoms with Crippen LogP contribution in [0.5, 0.6) is 0 Å². The standard InChI is InChI=1S/C13H6Cl2F3NO2/c14-8-3-1-2-7(10(8)15)11-9(13(16,17)18)6(12(20)21)4-5-19-11/h1-5H,(H,20,21). The van der Waals surface area contributed by atoms with Crippen molar-refractivity contribution in [2.24, 2.45) is 0 Å². The first-order valence-corrected chi connectivity index (χ1v) is 6.23. The van der Waals surface area contributed by atoms with Gasteiger partial charge < -0.3 is 5.11 Å². The van der Waals surface area contributed by atoms with Gasteiger partial charge in [-0.05, 0) is 12.1 Å². The Morgan fingerprint density at radius 1 is 1.19 bits per heavy atom. The molecule has 1 heterocycles. The Kier molecular flexibility index (Phi) is 4.11. The van der Waals surface area contributed by atoms with E-state index in [1.807, 2.05) is 0 Å². The Morgan fingerprint density at radius 2 is 1.86 bits per heavy atom. The molecule has 0 aliphatic heterocycles. The molecule has 1 aromatic carbocycles. The van der Waals surface area contributed by atoms with E-state index in [-0.39, 0.29) is 15.6 Å². The molecule has 0 bridgehead atoms. The third-order valence-electron chi connectivity index (χ3n) is 2.67. The fourth-order valence-corrected chi connectivity index (χ4v) is 2.21. The van der Waals surface area contributed by atoms with Crippen molar-refractivity contribution in [2.75, 3.05) is 0 Å². The maximum Gasteiger partial charge on any atom is 0.419 e. The molecule has 2 rings (SSSR count). The molecule has 0 saturated heterocycles. The monoisotopic (exact) mass is 335 g/mol. The van der Waals surface area contributed by atoms with E-state index in [9.17, 15) is 18.0 Å². The summed E-state index contributed by atoms with van der Waals surface area (Å²) in [5.41, 5.74) is -2.92. The number of carboxylic acid groups (broad SMARTS) is 1. The summed E-state index contributed by atoms with van der Waals surface area (Å²) in [6.07, 6.45) is -3.92. The van der Waals surface area contributed by atoms with Gasteiger partial charge >= 0.3 is 12.1 Å². The number of aromatic nitrogens is 1. The topological polar surface area (TPSA) is 50.2 Å². The number of hydrogen-bond acceptors (Lipinski definition) is 2. The number of pyridine rings is 1. The van der Waals surface area contributed by atoms with Crippen LogP contribution in [0, 0.1) is 0 Å². The van der Waals surface area contributed by atoms with E-state index in [2.05, 4.69) is 4.98 Å². The van der Waals surface area contributed by atoms with Gasteiger partial charge in [-0.15, -0.1) is 0 Å². The predicted octanol–water partition coefficient (Wildman–Crippen LogP) is 4.77. The van der Waals surface area contributed by atoms with Crippen LogP contribution in [0.25, 0.3) is 11.3 Å². The van der Waals surface area contributed by atoms with E-state index in [0.29, 0.717) is 0 Å². The molecule has 0 saturated carbocycles. The molecule has 0 fully saturated rings. The third kappa shape index (κ3) is 2.96. The molecular formula is C13H6Cl2F3NO2. The van der Waals surface area contributed by atoms with Crippen molar-refractivity contribution in [3.8, 4) is 11.3 Å². The van der Waals surface area contributed by atoms with E-state index >= 15 is 0 Å². The molecular weight excluding hydrogens is 330 g/mol. The molecule has 0 amide bonds. The minimum absolute atomic E-state index is 0.0461. The first kappa shape index (κ1) is 15.6. The molecule has 110 valence electrons. The van der Waals surface area contributed by atoms with Crippen LogP contribution < -0.4 is 0 Å². The van der Waals surface area contributed by atoms with Gasteiger partial charge in [-0.3, -0.25) is 4.98 Å². The quantitative estimate of drug-likeness (QED) is 0.859. The summed E-state index contributed by atoms with van der Waals surface area (Å²) in [5.74, 6) is -1.70. The van der Waals surface area contributed by atoms with Crippen molar-refractivity contribution >= 4 is 29.2 Å². The first-order valence-electron chi connectivity index (χ1n) is 5.47. The zero-order valence-corrected chi connectivity index (χ0v) is 11.6. The molecule has 21 heavy (non-hydrogen) atoms. The van der Waals surface area contributed by atoms with E-state index in [4.69, 9.17) is 28.3 Å². The fourth-order valence-electron chi connectivity index (χ4n) is 1.82. The van der Waals surface area contributed by atoms with E-state index in [0.717, 1.165) is 12.3 Å². The van der Waals surface area contributed by atoms with Crippen LogP contribution in [0.1, 0.15) is 15.9 Å². The number of halogens is 5. The van der Waals surface area contributed by atoms with Gasteiger partial charge in [0.2, 0.25) is 0 Å². The highest BCUT2D eigenvalue weighted by molar-refractivity contribution is 6.43. The van der Waals surface area contributed by atoms with Gasteiger partial charge in [0, 0.05) is 11.8 Å². The van der Waals surface area contributed by atoms with E-state index in [1.54, 1.807) is 0 Å². The van der Waals surface area contributed by atoms with Crippen LogP contribution in [0.3, 0.4) is 0 Å². The zero-order chi connectivity index (χ0) is 15.8. The summed E-state index contributed by atoms with van der Waals surface area (Å²) in [6.45, 7) is 0. The van der Waals surface area contributed by atoms with Crippen LogP contribution >= 0.6 is 23.2 Å². The molecule has 1 N–H and O–H groups in total. The fraction of sp³-hybridized carbons (Fsp3) is 0.0769. The lowest BCUT2D eigenvalue weighted by molar-refractivity contribution is -0.137. The Morgan fingerprint density at radius 3 is 2.43 bits per heavy atom. The molecule has 8 heteroatoms. The average molecular weight is 336 g/mol.